The number of rotatable bonds is 2. The van der Waals surface area contributed by atoms with Crippen LogP contribution in [0.3, 0.4) is 0 Å². The lowest BCUT2D eigenvalue weighted by Gasteiger charge is -2.14. The van der Waals surface area contributed by atoms with E-state index in [0.717, 1.165) is 16.9 Å². The Morgan fingerprint density at radius 1 is 1.20 bits per heavy atom. The van der Waals surface area contributed by atoms with Crippen LogP contribution in [0.25, 0.3) is 0 Å². The number of hydrogen-bond donors (Lipinski definition) is 0. The summed E-state index contributed by atoms with van der Waals surface area (Å²) in [6, 6.07) is 3.71. The zero-order valence-corrected chi connectivity index (χ0v) is 9.92. The van der Waals surface area contributed by atoms with Crippen molar-refractivity contribution >= 4 is 5.91 Å². The van der Waals surface area contributed by atoms with Crippen LogP contribution in [0.5, 0.6) is 5.75 Å². The Hall–Kier alpha value is -1.51. The van der Waals surface area contributed by atoms with Crippen molar-refractivity contribution in [2.75, 3.05) is 21.2 Å². The Morgan fingerprint density at radius 3 is 2.00 bits per heavy atom. The summed E-state index contributed by atoms with van der Waals surface area (Å²) in [6.07, 6.45) is 0. The molecule has 1 amide bonds. The third-order valence-electron chi connectivity index (χ3n) is 2.32. The van der Waals surface area contributed by atoms with Crippen LogP contribution in [-0.4, -0.2) is 32.0 Å². The van der Waals surface area contributed by atoms with E-state index in [2.05, 4.69) is 0 Å². The van der Waals surface area contributed by atoms with Gasteiger partial charge >= 0.3 is 0 Å². The summed E-state index contributed by atoms with van der Waals surface area (Å²) in [6.45, 7) is 3.89. The molecular weight excluding hydrogens is 190 g/mol. The van der Waals surface area contributed by atoms with Crippen molar-refractivity contribution in [3.63, 3.8) is 0 Å². The molecule has 1 aromatic carbocycles. The van der Waals surface area contributed by atoms with Crippen LogP contribution >= 0.6 is 0 Å². The molecular formula is C12H17NO2. The van der Waals surface area contributed by atoms with Crippen LogP contribution in [0.2, 0.25) is 0 Å². The van der Waals surface area contributed by atoms with Crippen LogP contribution < -0.4 is 4.74 Å². The number of aryl methyl sites for hydroxylation is 2. The van der Waals surface area contributed by atoms with Crippen molar-refractivity contribution in [2.24, 2.45) is 0 Å². The van der Waals surface area contributed by atoms with Crippen LogP contribution in [0.1, 0.15) is 21.5 Å². The molecule has 0 spiro atoms. The van der Waals surface area contributed by atoms with E-state index < -0.39 is 0 Å². The maximum absolute atomic E-state index is 11.7. The van der Waals surface area contributed by atoms with Crippen LogP contribution in [0.4, 0.5) is 0 Å². The maximum Gasteiger partial charge on any atom is 0.253 e. The lowest BCUT2D eigenvalue weighted by atomic mass is 10.0. The van der Waals surface area contributed by atoms with Crippen LogP contribution in [-0.2, 0) is 0 Å². The molecule has 0 radical (unpaired) electrons. The van der Waals surface area contributed by atoms with Gasteiger partial charge in [0.15, 0.2) is 0 Å². The van der Waals surface area contributed by atoms with E-state index in [9.17, 15) is 4.79 Å². The molecule has 1 rings (SSSR count). The Balaban J connectivity index is 3.20. The third kappa shape index (κ3) is 2.29. The normalized spacial score (nSPS) is 9.93. The minimum Gasteiger partial charge on any atom is -0.496 e. The van der Waals surface area contributed by atoms with E-state index in [1.807, 2.05) is 26.0 Å². The van der Waals surface area contributed by atoms with Crippen molar-refractivity contribution in [1.29, 1.82) is 0 Å². The number of ether oxygens (including phenoxy) is 1. The highest BCUT2D eigenvalue weighted by Gasteiger charge is 2.12. The van der Waals surface area contributed by atoms with E-state index in [1.165, 1.54) is 0 Å². The minimum absolute atomic E-state index is 0.0175. The minimum atomic E-state index is 0.0175. The van der Waals surface area contributed by atoms with E-state index in [-0.39, 0.29) is 5.91 Å². The highest BCUT2D eigenvalue weighted by atomic mass is 16.5. The fourth-order valence-corrected chi connectivity index (χ4v) is 1.65. The number of carbonyl (C=O) groups excluding carboxylic acids is 1. The first-order chi connectivity index (χ1) is 6.97. The van der Waals surface area contributed by atoms with Gasteiger partial charge in [-0.2, -0.15) is 0 Å². The number of methoxy groups -OCH3 is 1. The fourth-order valence-electron chi connectivity index (χ4n) is 1.65. The summed E-state index contributed by atoms with van der Waals surface area (Å²) < 4.78 is 5.25. The highest BCUT2D eigenvalue weighted by molar-refractivity contribution is 5.94. The molecule has 0 aliphatic heterocycles. The molecule has 1 aromatic rings. The smallest absolute Gasteiger partial charge is 0.253 e. The van der Waals surface area contributed by atoms with Gasteiger partial charge in [-0.25, -0.2) is 0 Å². The van der Waals surface area contributed by atoms with E-state index in [1.54, 1.807) is 26.1 Å². The van der Waals surface area contributed by atoms with Gasteiger partial charge in [0, 0.05) is 19.7 Å². The largest absolute Gasteiger partial charge is 0.496 e. The number of amides is 1. The highest BCUT2D eigenvalue weighted by Crippen LogP contribution is 2.24. The quantitative estimate of drug-likeness (QED) is 0.742. The maximum atomic E-state index is 11.7. The first-order valence-electron chi connectivity index (χ1n) is 4.84. The zero-order valence-electron chi connectivity index (χ0n) is 9.92. The van der Waals surface area contributed by atoms with Gasteiger partial charge in [-0.3, -0.25) is 4.79 Å². The SMILES string of the molecule is COc1c(C)cc(C(=O)N(C)C)cc1C. The number of nitrogens with zero attached hydrogens (tertiary/aromatic N) is 1. The summed E-state index contributed by atoms with van der Waals surface area (Å²) in [7, 11) is 5.14. The van der Waals surface area contributed by atoms with Crippen molar-refractivity contribution in [2.45, 2.75) is 13.8 Å². The second-order valence-corrected chi connectivity index (χ2v) is 3.84. The predicted octanol–water partition coefficient (Wildman–Crippen LogP) is 2.01. The van der Waals surface area contributed by atoms with Gasteiger partial charge in [0.2, 0.25) is 0 Å². The van der Waals surface area contributed by atoms with Crippen molar-refractivity contribution in [3.8, 4) is 5.75 Å². The van der Waals surface area contributed by atoms with Gasteiger partial charge in [0.05, 0.1) is 7.11 Å². The van der Waals surface area contributed by atoms with Crippen LogP contribution in [0, 0.1) is 13.8 Å². The van der Waals surface area contributed by atoms with Gasteiger partial charge in [-0.05, 0) is 37.1 Å². The van der Waals surface area contributed by atoms with Gasteiger partial charge < -0.3 is 9.64 Å². The lowest BCUT2D eigenvalue weighted by molar-refractivity contribution is 0.0827. The second kappa shape index (κ2) is 4.34. The van der Waals surface area contributed by atoms with Crippen LogP contribution in [0.15, 0.2) is 12.1 Å². The van der Waals surface area contributed by atoms with E-state index >= 15 is 0 Å². The molecule has 0 bridgehead atoms. The van der Waals surface area contributed by atoms with Crippen molar-refractivity contribution in [3.05, 3.63) is 28.8 Å². The predicted molar refractivity (Wildman–Crippen MR) is 60.5 cm³/mol. The first kappa shape index (κ1) is 11.6. The first-order valence-corrected chi connectivity index (χ1v) is 4.84. The number of hydrogen-bond acceptors (Lipinski definition) is 2. The summed E-state index contributed by atoms with van der Waals surface area (Å²) in [4.78, 5) is 13.3. The Morgan fingerprint density at radius 2 is 1.67 bits per heavy atom. The molecule has 82 valence electrons. The molecule has 15 heavy (non-hydrogen) atoms. The summed E-state index contributed by atoms with van der Waals surface area (Å²) in [5, 5.41) is 0. The summed E-state index contributed by atoms with van der Waals surface area (Å²) in [5.41, 5.74) is 2.68. The monoisotopic (exact) mass is 207 g/mol. The molecule has 3 nitrogen and oxygen atoms in total. The molecule has 0 saturated heterocycles. The van der Waals surface area contributed by atoms with E-state index in [0.29, 0.717) is 5.56 Å². The standard InChI is InChI=1S/C12H17NO2/c1-8-6-10(12(14)13(3)4)7-9(2)11(8)15-5/h6-7H,1-5H3. The molecule has 0 heterocycles. The zero-order chi connectivity index (χ0) is 11.6. The van der Waals surface area contributed by atoms with Gasteiger partial charge in [0.1, 0.15) is 5.75 Å². The average molecular weight is 207 g/mol. The van der Waals surface area contributed by atoms with Gasteiger partial charge in [-0.1, -0.05) is 0 Å². The number of carbonyl (C=O) groups is 1. The second-order valence-electron chi connectivity index (χ2n) is 3.84. The molecule has 0 unspecified atom stereocenters. The average Bonchev–Trinajstić information content (AvgIpc) is 2.15. The molecule has 0 aromatic heterocycles. The van der Waals surface area contributed by atoms with Crippen molar-refractivity contribution < 1.29 is 9.53 Å². The Bertz CT molecular complexity index is 360. The Labute approximate surface area is 90.7 Å². The molecule has 0 atom stereocenters. The van der Waals surface area contributed by atoms with Gasteiger partial charge in [0.25, 0.3) is 5.91 Å². The topological polar surface area (TPSA) is 29.5 Å². The van der Waals surface area contributed by atoms with Gasteiger partial charge in [-0.15, -0.1) is 0 Å². The molecule has 0 saturated carbocycles. The summed E-state index contributed by atoms with van der Waals surface area (Å²) >= 11 is 0. The van der Waals surface area contributed by atoms with Crippen molar-refractivity contribution in [1.82, 2.24) is 4.90 Å². The molecule has 0 aliphatic rings. The summed E-state index contributed by atoms with van der Waals surface area (Å²) in [5.74, 6) is 0.870. The molecule has 0 aliphatic carbocycles. The Kier molecular flexibility index (Phi) is 3.35. The lowest BCUT2D eigenvalue weighted by Crippen LogP contribution is -2.21. The number of benzene rings is 1. The molecule has 0 N–H and O–H groups in total. The molecule has 3 heteroatoms. The third-order valence-corrected chi connectivity index (χ3v) is 2.32. The van der Waals surface area contributed by atoms with E-state index in [4.69, 9.17) is 4.74 Å². The fraction of sp³-hybridized carbons (Fsp3) is 0.417. The molecule has 0 fully saturated rings.